The molecule has 0 fully saturated rings. The maximum Gasteiger partial charge on any atom is 0.119 e. The maximum atomic E-state index is 5.63. The molecule has 0 heterocycles. The van der Waals surface area contributed by atoms with Gasteiger partial charge in [-0.25, -0.2) is 0 Å². The fraction of sp³-hybridized carbons (Fsp3) is 0.250. The summed E-state index contributed by atoms with van der Waals surface area (Å²) in [7, 11) is 0. The lowest BCUT2D eigenvalue weighted by molar-refractivity contribution is 0.308. The van der Waals surface area contributed by atoms with Gasteiger partial charge in [-0.15, -0.1) is 0 Å². The predicted octanol–water partition coefficient (Wildman–Crippen LogP) is 3.96. The summed E-state index contributed by atoms with van der Waals surface area (Å²) in [6.45, 7) is 1.77. The molecule has 0 saturated heterocycles. The zero-order valence-electron chi connectivity index (χ0n) is 10.5. The van der Waals surface area contributed by atoms with Gasteiger partial charge in [0, 0.05) is 12.2 Å². The first-order valence-corrected chi connectivity index (χ1v) is 6.42. The molecule has 18 heavy (non-hydrogen) atoms. The summed E-state index contributed by atoms with van der Waals surface area (Å²) in [5.74, 6) is 0.952. The van der Waals surface area contributed by atoms with E-state index in [-0.39, 0.29) is 0 Å². The van der Waals surface area contributed by atoms with Crippen molar-refractivity contribution in [1.82, 2.24) is 0 Å². The van der Waals surface area contributed by atoms with Crippen LogP contribution >= 0.6 is 0 Å². The molecule has 1 N–H and O–H groups in total. The van der Waals surface area contributed by atoms with Crippen molar-refractivity contribution in [2.75, 3.05) is 18.5 Å². The Morgan fingerprint density at radius 2 is 1.44 bits per heavy atom. The van der Waals surface area contributed by atoms with Crippen LogP contribution in [0.4, 0.5) is 5.69 Å². The van der Waals surface area contributed by atoms with E-state index in [1.54, 1.807) is 0 Å². The van der Waals surface area contributed by atoms with Crippen LogP contribution in [0, 0.1) is 0 Å². The van der Waals surface area contributed by atoms with Gasteiger partial charge >= 0.3 is 0 Å². The summed E-state index contributed by atoms with van der Waals surface area (Å²) in [6.07, 6.45) is 2.18. The average Bonchev–Trinajstić information content (AvgIpc) is 2.45. The SMILES string of the molecule is c1ccc(NCCCCOc2ccccc2)cc1. The van der Waals surface area contributed by atoms with Crippen molar-refractivity contribution in [2.24, 2.45) is 0 Å². The summed E-state index contributed by atoms with van der Waals surface area (Å²) in [6, 6.07) is 20.2. The van der Waals surface area contributed by atoms with E-state index in [0.29, 0.717) is 0 Å². The van der Waals surface area contributed by atoms with Gasteiger partial charge in [0.05, 0.1) is 6.61 Å². The molecule has 0 radical (unpaired) electrons. The molecule has 94 valence electrons. The third-order valence-corrected chi connectivity index (χ3v) is 2.69. The first-order chi connectivity index (χ1) is 8.95. The van der Waals surface area contributed by atoms with Crippen LogP contribution in [0.2, 0.25) is 0 Å². The van der Waals surface area contributed by atoms with E-state index in [1.807, 2.05) is 48.5 Å². The van der Waals surface area contributed by atoms with E-state index < -0.39 is 0 Å². The number of hydrogen-bond donors (Lipinski definition) is 1. The van der Waals surface area contributed by atoms with Gasteiger partial charge in [0.1, 0.15) is 5.75 Å². The Hall–Kier alpha value is -1.96. The molecule has 0 unspecified atom stereocenters. The van der Waals surface area contributed by atoms with Crippen LogP contribution in [0.5, 0.6) is 5.75 Å². The van der Waals surface area contributed by atoms with Gasteiger partial charge < -0.3 is 10.1 Å². The van der Waals surface area contributed by atoms with E-state index in [1.165, 1.54) is 5.69 Å². The summed E-state index contributed by atoms with van der Waals surface area (Å²) in [4.78, 5) is 0. The Morgan fingerprint density at radius 1 is 0.778 bits per heavy atom. The minimum absolute atomic E-state index is 0.778. The molecule has 2 rings (SSSR count). The zero-order valence-corrected chi connectivity index (χ0v) is 10.5. The third-order valence-electron chi connectivity index (χ3n) is 2.69. The van der Waals surface area contributed by atoms with Gasteiger partial charge in [-0.3, -0.25) is 0 Å². The van der Waals surface area contributed by atoms with E-state index in [4.69, 9.17) is 4.74 Å². The molecule has 2 nitrogen and oxygen atoms in total. The molecule has 2 heteroatoms. The van der Waals surface area contributed by atoms with E-state index in [9.17, 15) is 0 Å². The molecule has 2 aromatic rings. The quantitative estimate of drug-likeness (QED) is 0.741. The number of unbranched alkanes of at least 4 members (excludes halogenated alkanes) is 1. The Morgan fingerprint density at radius 3 is 2.17 bits per heavy atom. The molecule has 0 bridgehead atoms. The lowest BCUT2D eigenvalue weighted by Crippen LogP contribution is -2.04. The largest absolute Gasteiger partial charge is 0.494 e. The lowest BCUT2D eigenvalue weighted by atomic mass is 10.3. The number of rotatable bonds is 7. The second-order valence-electron chi connectivity index (χ2n) is 4.16. The smallest absolute Gasteiger partial charge is 0.119 e. The zero-order chi connectivity index (χ0) is 12.5. The van der Waals surface area contributed by atoms with Gasteiger partial charge in [0.2, 0.25) is 0 Å². The molecular weight excluding hydrogens is 222 g/mol. The van der Waals surface area contributed by atoms with Gasteiger partial charge in [-0.2, -0.15) is 0 Å². The van der Waals surface area contributed by atoms with Crippen LogP contribution in [0.15, 0.2) is 60.7 Å². The fourth-order valence-corrected chi connectivity index (χ4v) is 1.72. The number of hydrogen-bond acceptors (Lipinski definition) is 2. The molecule has 0 atom stereocenters. The molecule has 0 aromatic heterocycles. The standard InChI is InChI=1S/C16H19NO/c1-3-9-15(10-4-1)17-13-7-8-14-18-16-11-5-2-6-12-16/h1-6,9-12,17H,7-8,13-14H2. The first kappa shape index (κ1) is 12.5. The maximum absolute atomic E-state index is 5.63. The van der Waals surface area contributed by atoms with Crippen molar-refractivity contribution < 1.29 is 4.74 Å². The van der Waals surface area contributed by atoms with Gasteiger partial charge in [0.15, 0.2) is 0 Å². The monoisotopic (exact) mass is 241 g/mol. The van der Waals surface area contributed by atoms with Crippen molar-refractivity contribution in [3.8, 4) is 5.75 Å². The molecule has 0 aliphatic carbocycles. The van der Waals surface area contributed by atoms with Crippen LogP contribution in [0.1, 0.15) is 12.8 Å². The van der Waals surface area contributed by atoms with E-state index in [0.717, 1.165) is 31.7 Å². The summed E-state index contributed by atoms with van der Waals surface area (Å²) in [5, 5.41) is 3.39. The molecule has 0 saturated carbocycles. The van der Waals surface area contributed by atoms with Crippen molar-refractivity contribution in [3.05, 3.63) is 60.7 Å². The fourth-order valence-electron chi connectivity index (χ4n) is 1.72. The molecule has 0 aliphatic heterocycles. The highest BCUT2D eigenvalue weighted by molar-refractivity contribution is 5.42. The third kappa shape index (κ3) is 4.50. The van der Waals surface area contributed by atoms with Crippen LogP contribution in [0.25, 0.3) is 0 Å². The van der Waals surface area contributed by atoms with Crippen molar-refractivity contribution in [2.45, 2.75) is 12.8 Å². The molecule has 0 spiro atoms. The van der Waals surface area contributed by atoms with Crippen molar-refractivity contribution >= 4 is 5.69 Å². The highest BCUT2D eigenvalue weighted by Crippen LogP contribution is 2.09. The summed E-state index contributed by atoms with van der Waals surface area (Å²) < 4.78 is 5.63. The molecule has 2 aromatic carbocycles. The Balaban J connectivity index is 1.54. The van der Waals surface area contributed by atoms with E-state index >= 15 is 0 Å². The Kier molecular flexibility index (Phi) is 5.12. The van der Waals surface area contributed by atoms with Crippen molar-refractivity contribution in [3.63, 3.8) is 0 Å². The van der Waals surface area contributed by atoms with Crippen molar-refractivity contribution in [1.29, 1.82) is 0 Å². The normalized spacial score (nSPS) is 10.0. The molecular formula is C16H19NO. The molecule has 0 amide bonds. The van der Waals surface area contributed by atoms with Crippen LogP contribution < -0.4 is 10.1 Å². The summed E-state index contributed by atoms with van der Waals surface area (Å²) in [5.41, 5.74) is 1.18. The predicted molar refractivity (Wildman–Crippen MR) is 76.1 cm³/mol. The topological polar surface area (TPSA) is 21.3 Å². The van der Waals surface area contributed by atoms with Crippen LogP contribution in [-0.4, -0.2) is 13.2 Å². The minimum atomic E-state index is 0.778. The summed E-state index contributed by atoms with van der Waals surface area (Å²) >= 11 is 0. The number of anilines is 1. The average molecular weight is 241 g/mol. The number of para-hydroxylation sites is 2. The molecule has 0 aliphatic rings. The van der Waals surface area contributed by atoms with Crippen LogP contribution in [-0.2, 0) is 0 Å². The minimum Gasteiger partial charge on any atom is -0.494 e. The van der Waals surface area contributed by atoms with Gasteiger partial charge in [-0.05, 0) is 37.1 Å². The number of nitrogens with one attached hydrogen (secondary N) is 1. The van der Waals surface area contributed by atoms with Gasteiger partial charge in [0.25, 0.3) is 0 Å². The van der Waals surface area contributed by atoms with Gasteiger partial charge in [-0.1, -0.05) is 36.4 Å². The number of ether oxygens (including phenoxy) is 1. The second-order valence-corrected chi connectivity index (χ2v) is 4.16. The first-order valence-electron chi connectivity index (χ1n) is 6.42. The Bertz CT molecular complexity index is 384. The van der Waals surface area contributed by atoms with Crippen LogP contribution in [0.3, 0.4) is 0 Å². The van der Waals surface area contributed by atoms with E-state index in [2.05, 4.69) is 17.4 Å². The highest BCUT2D eigenvalue weighted by Gasteiger charge is 1.93. The number of benzene rings is 2. The highest BCUT2D eigenvalue weighted by atomic mass is 16.5. The Labute approximate surface area is 109 Å². The second kappa shape index (κ2) is 7.38. The lowest BCUT2D eigenvalue weighted by Gasteiger charge is -2.07.